The number of hydrogen-bond donors (Lipinski definition) is 1. The SMILES string of the molecule is C=CCn1c(C#N)nc2nc(N3CCNCC3)n(CC#CC)c2c1=O.Cl. The predicted octanol–water partition coefficient (Wildman–Crippen LogP) is 0.505. The number of anilines is 1. The van der Waals surface area contributed by atoms with Crippen molar-refractivity contribution in [1.29, 1.82) is 5.26 Å². The van der Waals surface area contributed by atoms with Gasteiger partial charge in [-0.3, -0.25) is 13.9 Å². The Balaban J connectivity index is 0.00000243. The zero-order chi connectivity index (χ0) is 17.8. The summed E-state index contributed by atoms with van der Waals surface area (Å²) in [6.45, 7) is 9.24. The maximum absolute atomic E-state index is 13.0. The minimum Gasteiger partial charge on any atom is -0.340 e. The van der Waals surface area contributed by atoms with Gasteiger partial charge in [-0.05, 0) is 6.92 Å². The normalized spacial score (nSPS) is 13.5. The summed E-state index contributed by atoms with van der Waals surface area (Å²) in [6, 6.07) is 1.97. The highest BCUT2D eigenvalue weighted by atomic mass is 35.5. The zero-order valence-corrected chi connectivity index (χ0v) is 15.3. The third-order valence-electron chi connectivity index (χ3n) is 4.07. The van der Waals surface area contributed by atoms with Crippen LogP contribution in [-0.2, 0) is 13.1 Å². The molecule has 8 nitrogen and oxygen atoms in total. The summed E-state index contributed by atoms with van der Waals surface area (Å²) in [7, 11) is 0. The molecule has 0 spiro atoms. The minimum absolute atomic E-state index is 0. The first kappa shape index (κ1) is 19.5. The van der Waals surface area contributed by atoms with Crippen molar-refractivity contribution in [1.82, 2.24) is 24.4 Å². The largest absolute Gasteiger partial charge is 0.340 e. The smallest absolute Gasteiger partial charge is 0.280 e. The van der Waals surface area contributed by atoms with E-state index in [1.165, 1.54) is 4.57 Å². The van der Waals surface area contributed by atoms with Gasteiger partial charge in [0.1, 0.15) is 6.07 Å². The van der Waals surface area contributed by atoms with E-state index in [1.807, 2.05) is 6.07 Å². The molecule has 9 heteroatoms. The first-order chi connectivity index (χ1) is 12.2. The lowest BCUT2D eigenvalue weighted by atomic mass is 10.4. The van der Waals surface area contributed by atoms with E-state index in [1.54, 1.807) is 17.6 Å². The fraction of sp³-hybridized carbons (Fsp3) is 0.412. The summed E-state index contributed by atoms with van der Waals surface area (Å²) in [5.74, 6) is 6.56. The molecule has 0 radical (unpaired) electrons. The maximum atomic E-state index is 13.0. The summed E-state index contributed by atoms with van der Waals surface area (Å²) >= 11 is 0. The number of fused-ring (bicyclic) bond motifs is 1. The number of nitrogens with one attached hydrogen (secondary N) is 1. The van der Waals surface area contributed by atoms with E-state index >= 15 is 0 Å². The first-order valence-corrected chi connectivity index (χ1v) is 8.08. The molecule has 1 fully saturated rings. The second-order valence-corrected chi connectivity index (χ2v) is 5.59. The Morgan fingerprint density at radius 3 is 2.65 bits per heavy atom. The van der Waals surface area contributed by atoms with Gasteiger partial charge in [0.15, 0.2) is 11.2 Å². The fourth-order valence-corrected chi connectivity index (χ4v) is 2.90. The second-order valence-electron chi connectivity index (χ2n) is 5.59. The highest BCUT2D eigenvalue weighted by Gasteiger charge is 2.23. The molecule has 2 aromatic rings. The molecule has 1 saturated heterocycles. The monoisotopic (exact) mass is 373 g/mol. The van der Waals surface area contributed by atoms with E-state index < -0.39 is 0 Å². The van der Waals surface area contributed by atoms with Crippen LogP contribution in [0.3, 0.4) is 0 Å². The van der Waals surface area contributed by atoms with Gasteiger partial charge in [-0.15, -0.1) is 24.9 Å². The summed E-state index contributed by atoms with van der Waals surface area (Å²) in [5, 5.41) is 12.6. The van der Waals surface area contributed by atoms with Crippen molar-refractivity contribution in [2.75, 3.05) is 31.1 Å². The average molecular weight is 374 g/mol. The summed E-state index contributed by atoms with van der Waals surface area (Å²) in [6.07, 6.45) is 1.57. The molecular formula is C17H20ClN7O. The Morgan fingerprint density at radius 1 is 1.31 bits per heavy atom. The molecule has 0 aromatic carbocycles. The molecule has 0 saturated carbocycles. The van der Waals surface area contributed by atoms with Crippen LogP contribution >= 0.6 is 12.4 Å². The Labute approximate surface area is 157 Å². The van der Waals surface area contributed by atoms with Crippen molar-refractivity contribution in [3.05, 3.63) is 28.8 Å². The predicted molar refractivity (Wildman–Crippen MR) is 102 cm³/mol. The van der Waals surface area contributed by atoms with Crippen molar-refractivity contribution in [2.24, 2.45) is 0 Å². The van der Waals surface area contributed by atoms with Crippen molar-refractivity contribution < 1.29 is 0 Å². The van der Waals surface area contributed by atoms with Gasteiger partial charge in [0, 0.05) is 32.7 Å². The van der Waals surface area contributed by atoms with Gasteiger partial charge in [0.05, 0.1) is 6.54 Å². The van der Waals surface area contributed by atoms with Crippen LogP contribution in [0.25, 0.3) is 11.2 Å². The van der Waals surface area contributed by atoms with Gasteiger partial charge in [0.2, 0.25) is 11.8 Å². The minimum atomic E-state index is -0.298. The molecule has 2 aromatic heterocycles. The van der Waals surface area contributed by atoms with E-state index in [-0.39, 0.29) is 36.0 Å². The van der Waals surface area contributed by atoms with Crippen LogP contribution in [0.15, 0.2) is 17.4 Å². The number of aromatic nitrogens is 4. The lowest BCUT2D eigenvalue weighted by Gasteiger charge is -2.28. The molecule has 136 valence electrons. The molecule has 3 rings (SSSR count). The van der Waals surface area contributed by atoms with Crippen LogP contribution in [0, 0.1) is 23.2 Å². The lowest BCUT2D eigenvalue weighted by molar-refractivity contribution is 0.572. The molecule has 26 heavy (non-hydrogen) atoms. The number of hydrogen-bond acceptors (Lipinski definition) is 6. The third-order valence-corrected chi connectivity index (χ3v) is 4.07. The molecule has 1 N–H and O–H groups in total. The lowest BCUT2D eigenvalue weighted by Crippen LogP contribution is -2.44. The highest BCUT2D eigenvalue weighted by molar-refractivity contribution is 5.85. The molecule has 1 aliphatic heterocycles. The first-order valence-electron chi connectivity index (χ1n) is 8.08. The quantitative estimate of drug-likeness (QED) is 0.620. The molecule has 3 heterocycles. The number of nitriles is 1. The summed E-state index contributed by atoms with van der Waals surface area (Å²) < 4.78 is 3.11. The van der Waals surface area contributed by atoms with Crippen molar-refractivity contribution in [3.63, 3.8) is 0 Å². The van der Waals surface area contributed by atoms with E-state index in [2.05, 4.69) is 38.6 Å². The summed E-state index contributed by atoms with van der Waals surface area (Å²) in [4.78, 5) is 23.9. The molecule has 1 aliphatic rings. The van der Waals surface area contributed by atoms with E-state index in [9.17, 15) is 10.1 Å². The molecule has 0 amide bonds. The topological polar surface area (TPSA) is 91.8 Å². The Bertz CT molecular complexity index is 967. The van der Waals surface area contributed by atoms with Crippen LogP contribution < -0.4 is 15.8 Å². The van der Waals surface area contributed by atoms with Crippen molar-refractivity contribution >= 4 is 29.5 Å². The number of allylic oxidation sites excluding steroid dienone is 1. The van der Waals surface area contributed by atoms with Gasteiger partial charge in [-0.1, -0.05) is 12.0 Å². The standard InChI is InChI=1S/C17H19N7O.ClH/c1-3-5-9-24-14-15(21-17(24)22-10-6-19-7-11-22)20-13(12-18)23(8-4-2)16(14)25;/h4,19H,2,6-11H2,1H3;1H. The highest BCUT2D eigenvalue weighted by Crippen LogP contribution is 2.20. The fourth-order valence-electron chi connectivity index (χ4n) is 2.90. The molecule has 0 atom stereocenters. The van der Waals surface area contributed by atoms with Gasteiger partial charge in [0.25, 0.3) is 5.56 Å². The number of nitrogens with zero attached hydrogens (tertiary/aromatic N) is 6. The van der Waals surface area contributed by atoms with Gasteiger partial charge < -0.3 is 10.2 Å². The van der Waals surface area contributed by atoms with E-state index in [4.69, 9.17) is 0 Å². The van der Waals surface area contributed by atoms with Crippen LogP contribution in [0.4, 0.5) is 5.95 Å². The molecule has 0 unspecified atom stereocenters. The van der Waals surface area contributed by atoms with Gasteiger partial charge in [-0.25, -0.2) is 0 Å². The molecule has 0 bridgehead atoms. The number of halogens is 1. The number of piperazine rings is 1. The Hall–Kier alpha value is -2.81. The van der Waals surface area contributed by atoms with E-state index in [0.717, 1.165) is 26.2 Å². The Kier molecular flexibility index (Phi) is 6.40. The summed E-state index contributed by atoms with van der Waals surface area (Å²) in [5.41, 5.74) is 0.360. The second kappa shape index (κ2) is 8.52. The Morgan fingerprint density at radius 2 is 2.04 bits per heavy atom. The van der Waals surface area contributed by atoms with Crippen molar-refractivity contribution in [3.8, 4) is 17.9 Å². The molecule has 0 aliphatic carbocycles. The van der Waals surface area contributed by atoms with Gasteiger partial charge >= 0.3 is 0 Å². The van der Waals surface area contributed by atoms with Crippen LogP contribution in [0.5, 0.6) is 0 Å². The molecular weight excluding hydrogens is 354 g/mol. The number of imidazole rings is 1. The average Bonchev–Trinajstić information content (AvgIpc) is 3.01. The zero-order valence-electron chi connectivity index (χ0n) is 14.5. The van der Waals surface area contributed by atoms with Crippen LogP contribution in [0.1, 0.15) is 12.7 Å². The van der Waals surface area contributed by atoms with Crippen molar-refractivity contribution in [2.45, 2.75) is 20.0 Å². The third kappa shape index (κ3) is 3.43. The number of rotatable bonds is 4. The van der Waals surface area contributed by atoms with E-state index in [0.29, 0.717) is 18.0 Å². The maximum Gasteiger partial charge on any atom is 0.280 e. The van der Waals surface area contributed by atoms with Crippen LogP contribution in [0.2, 0.25) is 0 Å². The van der Waals surface area contributed by atoms with Crippen LogP contribution in [-0.4, -0.2) is 45.3 Å². The van der Waals surface area contributed by atoms with Gasteiger partial charge in [-0.2, -0.15) is 15.2 Å².